The van der Waals surface area contributed by atoms with Crippen LogP contribution in [-0.4, -0.2) is 19.3 Å². The van der Waals surface area contributed by atoms with Gasteiger partial charge in [-0.3, -0.25) is 14.0 Å². The van der Waals surface area contributed by atoms with Gasteiger partial charge < -0.3 is 0 Å². The highest BCUT2D eigenvalue weighted by Crippen LogP contribution is 2.18. The quantitative estimate of drug-likeness (QED) is 0.730. The van der Waals surface area contributed by atoms with Crippen LogP contribution in [0.3, 0.4) is 0 Å². The molecule has 3 aromatic rings. The second-order valence-corrected chi connectivity index (χ2v) is 6.03. The number of hydrogen-bond donors (Lipinski definition) is 0. The first kappa shape index (κ1) is 13.5. The second-order valence-electron chi connectivity index (χ2n) is 5.62. The third-order valence-electron chi connectivity index (χ3n) is 4.10. The normalized spacial score (nSPS) is 14.2. The van der Waals surface area contributed by atoms with Gasteiger partial charge in [0, 0.05) is 12.2 Å². The van der Waals surface area contributed by atoms with Crippen molar-refractivity contribution in [2.45, 2.75) is 32.4 Å². The molecule has 0 fully saturated rings. The smallest absolute Gasteiger partial charge is 0.263 e. The third-order valence-corrected chi connectivity index (χ3v) is 4.42. The van der Waals surface area contributed by atoms with Crippen molar-refractivity contribution in [3.63, 3.8) is 0 Å². The Morgan fingerprint density at radius 2 is 2.18 bits per heavy atom. The predicted octanol–water partition coefficient (Wildman–Crippen LogP) is 2.63. The van der Waals surface area contributed by atoms with Crippen molar-refractivity contribution in [3.8, 4) is 0 Å². The maximum Gasteiger partial charge on any atom is 0.263 e. The summed E-state index contributed by atoms with van der Waals surface area (Å²) in [7, 11) is 0. The lowest BCUT2D eigenvalue weighted by molar-refractivity contribution is 0.482. The van der Waals surface area contributed by atoms with Crippen LogP contribution in [0.25, 0.3) is 10.9 Å². The van der Waals surface area contributed by atoms with E-state index < -0.39 is 0 Å². The molecule has 0 radical (unpaired) electrons. The molecule has 0 atom stereocenters. The molecule has 22 heavy (non-hydrogen) atoms. The Labute approximate surface area is 132 Å². The van der Waals surface area contributed by atoms with Crippen LogP contribution in [0.15, 0.2) is 35.4 Å². The average molecular weight is 315 g/mol. The molecule has 0 N–H and O–H groups in total. The van der Waals surface area contributed by atoms with Gasteiger partial charge >= 0.3 is 0 Å². The van der Waals surface area contributed by atoms with E-state index in [1.165, 1.54) is 18.5 Å². The zero-order valence-electron chi connectivity index (χ0n) is 12.0. The van der Waals surface area contributed by atoms with Gasteiger partial charge in [0.05, 0.1) is 34.5 Å². The maximum absolute atomic E-state index is 12.6. The topological polar surface area (TPSA) is 52.7 Å². The Bertz CT molecular complexity index is 889. The number of benzene rings is 1. The molecular formula is C16H15ClN4O. The summed E-state index contributed by atoms with van der Waals surface area (Å²) in [5.74, 6) is 0. The van der Waals surface area contributed by atoms with Gasteiger partial charge in [0.15, 0.2) is 0 Å². The molecule has 0 saturated heterocycles. The molecule has 0 aliphatic carbocycles. The van der Waals surface area contributed by atoms with Gasteiger partial charge in [-0.2, -0.15) is 5.10 Å². The molecule has 2 aromatic heterocycles. The highest BCUT2D eigenvalue weighted by atomic mass is 35.5. The predicted molar refractivity (Wildman–Crippen MR) is 85.3 cm³/mol. The van der Waals surface area contributed by atoms with Gasteiger partial charge in [-0.1, -0.05) is 17.7 Å². The van der Waals surface area contributed by atoms with Crippen LogP contribution in [0.1, 0.15) is 24.2 Å². The largest absolute Gasteiger partial charge is 0.293 e. The molecule has 6 heteroatoms. The van der Waals surface area contributed by atoms with Crippen molar-refractivity contribution in [3.05, 3.63) is 57.4 Å². The fraction of sp³-hybridized carbons (Fsp3) is 0.312. The molecule has 0 saturated carbocycles. The minimum absolute atomic E-state index is 0.124. The van der Waals surface area contributed by atoms with E-state index in [1.807, 2.05) is 4.68 Å². The average Bonchev–Trinajstić information content (AvgIpc) is 2.92. The summed E-state index contributed by atoms with van der Waals surface area (Å²) in [5.41, 5.74) is 2.65. The Morgan fingerprint density at radius 1 is 1.27 bits per heavy atom. The molecular weight excluding hydrogens is 300 g/mol. The molecule has 112 valence electrons. The van der Waals surface area contributed by atoms with Crippen LogP contribution in [0.4, 0.5) is 0 Å². The Balaban J connectivity index is 1.75. The van der Waals surface area contributed by atoms with Gasteiger partial charge in [-0.25, -0.2) is 4.98 Å². The van der Waals surface area contributed by atoms with E-state index >= 15 is 0 Å². The van der Waals surface area contributed by atoms with Crippen molar-refractivity contribution < 1.29 is 0 Å². The van der Waals surface area contributed by atoms with E-state index in [0.717, 1.165) is 18.7 Å². The van der Waals surface area contributed by atoms with E-state index in [0.29, 0.717) is 22.5 Å². The summed E-state index contributed by atoms with van der Waals surface area (Å²) in [6, 6.07) is 7.39. The van der Waals surface area contributed by atoms with Crippen LogP contribution in [0, 0.1) is 0 Å². The number of aryl methyl sites for hydroxylation is 2. The van der Waals surface area contributed by atoms with Gasteiger partial charge in [0.25, 0.3) is 5.56 Å². The lowest BCUT2D eigenvalue weighted by Gasteiger charge is -2.11. The number of nitrogens with zero attached hydrogens (tertiary/aromatic N) is 4. The van der Waals surface area contributed by atoms with Crippen LogP contribution in [0.5, 0.6) is 0 Å². The summed E-state index contributed by atoms with van der Waals surface area (Å²) in [6.45, 7) is 1.39. The van der Waals surface area contributed by atoms with E-state index in [1.54, 1.807) is 29.1 Å². The SMILES string of the molecule is O=c1c2c(Cl)cccc2ncn1Cc1cc2n(n1)CCCC2. The standard InChI is InChI=1S/C16H15ClN4O/c17-13-5-3-6-14-15(13)16(22)20(10-18-14)9-11-8-12-4-1-2-7-21(12)19-11/h3,5-6,8,10H,1-2,4,7,9H2. The summed E-state index contributed by atoms with van der Waals surface area (Å²) in [6.07, 6.45) is 5.00. The molecule has 5 nitrogen and oxygen atoms in total. The van der Waals surface area contributed by atoms with Crippen molar-refractivity contribution in [1.82, 2.24) is 19.3 Å². The van der Waals surface area contributed by atoms with Gasteiger partial charge in [0.1, 0.15) is 0 Å². The number of aromatic nitrogens is 4. The first-order valence-corrected chi connectivity index (χ1v) is 7.79. The third kappa shape index (κ3) is 2.22. The first-order valence-electron chi connectivity index (χ1n) is 7.41. The highest BCUT2D eigenvalue weighted by Gasteiger charge is 2.14. The Kier molecular flexibility index (Phi) is 3.22. The summed E-state index contributed by atoms with van der Waals surface area (Å²) in [4.78, 5) is 16.9. The Morgan fingerprint density at radius 3 is 3.05 bits per heavy atom. The van der Waals surface area contributed by atoms with E-state index in [9.17, 15) is 4.79 Å². The summed E-state index contributed by atoms with van der Waals surface area (Å²) < 4.78 is 3.62. The fourth-order valence-electron chi connectivity index (χ4n) is 3.00. The van der Waals surface area contributed by atoms with Gasteiger partial charge in [-0.15, -0.1) is 0 Å². The van der Waals surface area contributed by atoms with Crippen molar-refractivity contribution in [2.75, 3.05) is 0 Å². The summed E-state index contributed by atoms with van der Waals surface area (Å²) in [5, 5.41) is 5.49. The van der Waals surface area contributed by atoms with Crippen molar-refractivity contribution in [1.29, 1.82) is 0 Å². The van der Waals surface area contributed by atoms with Crippen molar-refractivity contribution in [2.24, 2.45) is 0 Å². The minimum Gasteiger partial charge on any atom is -0.293 e. The zero-order valence-corrected chi connectivity index (χ0v) is 12.8. The van der Waals surface area contributed by atoms with Crippen molar-refractivity contribution >= 4 is 22.5 Å². The number of rotatable bonds is 2. The monoisotopic (exact) mass is 314 g/mol. The molecule has 0 bridgehead atoms. The van der Waals surface area contributed by atoms with Crippen LogP contribution in [0.2, 0.25) is 5.02 Å². The van der Waals surface area contributed by atoms with Gasteiger partial charge in [-0.05, 0) is 37.5 Å². The zero-order chi connectivity index (χ0) is 15.1. The molecule has 1 aromatic carbocycles. The first-order chi connectivity index (χ1) is 10.7. The Hall–Kier alpha value is -2.14. The van der Waals surface area contributed by atoms with E-state index in [2.05, 4.69) is 16.1 Å². The number of halogens is 1. The van der Waals surface area contributed by atoms with E-state index in [-0.39, 0.29) is 5.56 Å². The van der Waals surface area contributed by atoms with Crippen LogP contribution < -0.4 is 5.56 Å². The van der Waals surface area contributed by atoms with E-state index in [4.69, 9.17) is 11.6 Å². The maximum atomic E-state index is 12.6. The van der Waals surface area contributed by atoms with Crippen LogP contribution in [-0.2, 0) is 19.5 Å². The van der Waals surface area contributed by atoms with Gasteiger partial charge in [0.2, 0.25) is 0 Å². The molecule has 0 amide bonds. The molecule has 0 spiro atoms. The molecule has 3 heterocycles. The molecule has 4 rings (SSSR count). The summed E-state index contributed by atoms with van der Waals surface area (Å²) >= 11 is 6.15. The lowest BCUT2D eigenvalue weighted by Crippen LogP contribution is -2.21. The molecule has 0 unspecified atom stereocenters. The second kappa shape index (κ2) is 5.25. The minimum atomic E-state index is -0.124. The highest BCUT2D eigenvalue weighted by molar-refractivity contribution is 6.35. The molecule has 1 aliphatic rings. The number of fused-ring (bicyclic) bond motifs is 2. The fourth-order valence-corrected chi connectivity index (χ4v) is 3.25. The van der Waals surface area contributed by atoms with Crippen LogP contribution >= 0.6 is 11.6 Å². The molecule has 1 aliphatic heterocycles. The number of hydrogen-bond acceptors (Lipinski definition) is 3. The lowest BCUT2D eigenvalue weighted by atomic mass is 10.1.